The van der Waals surface area contributed by atoms with Gasteiger partial charge in [-0.1, -0.05) is 6.42 Å². The zero-order valence-corrected chi connectivity index (χ0v) is 16.1. The average Bonchev–Trinajstić information content (AvgIpc) is 2.85. The van der Waals surface area contributed by atoms with Gasteiger partial charge in [0.15, 0.2) is 0 Å². The molecule has 3 heterocycles. The Morgan fingerprint density at radius 3 is 2.40 bits per heavy atom. The Bertz CT molecular complexity index is 502. The van der Waals surface area contributed by atoms with Crippen molar-refractivity contribution in [2.24, 2.45) is 0 Å². The minimum Gasteiger partial charge on any atom is -0.346 e. The van der Waals surface area contributed by atoms with E-state index in [-0.39, 0.29) is 11.4 Å². The number of carbonyl (C=O) groups excluding carboxylic acids is 2. The fourth-order valence-corrected chi connectivity index (χ4v) is 4.62. The van der Waals surface area contributed by atoms with Gasteiger partial charge >= 0.3 is 11.8 Å². The molecule has 0 saturated carbocycles. The summed E-state index contributed by atoms with van der Waals surface area (Å²) >= 11 is 0. The second kappa shape index (κ2) is 7.62. The predicted octanol–water partition coefficient (Wildman–Crippen LogP) is 1.06. The van der Waals surface area contributed by atoms with Crippen molar-refractivity contribution in [2.45, 2.75) is 70.0 Å². The molecular formula is C19H34N4O2. The minimum atomic E-state index is -0.439. The highest BCUT2D eigenvalue weighted by molar-refractivity contribution is 6.35. The molecular weight excluding hydrogens is 316 g/mol. The molecule has 3 aliphatic heterocycles. The van der Waals surface area contributed by atoms with Crippen LogP contribution in [0.25, 0.3) is 0 Å². The number of nitrogens with one attached hydrogen (secondary N) is 1. The fourth-order valence-electron chi connectivity index (χ4n) is 4.62. The summed E-state index contributed by atoms with van der Waals surface area (Å²) in [6.07, 6.45) is 7.07. The van der Waals surface area contributed by atoms with E-state index in [9.17, 15) is 9.59 Å². The number of hydrogen-bond donors (Lipinski definition) is 1. The Labute approximate surface area is 151 Å². The molecule has 0 aromatic carbocycles. The molecule has 2 bridgehead atoms. The van der Waals surface area contributed by atoms with Gasteiger partial charge in [0.25, 0.3) is 0 Å². The molecule has 0 aromatic heterocycles. The number of likely N-dealkylation sites (N-methyl/N-ethyl adjacent to an activating group) is 1. The third-order valence-electron chi connectivity index (χ3n) is 6.52. The van der Waals surface area contributed by atoms with E-state index in [4.69, 9.17) is 0 Å². The van der Waals surface area contributed by atoms with Crippen LogP contribution in [-0.2, 0) is 9.59 Å². The topological polar surface area (TPSA) is 55.9 Å². The van der Waals surface area contributed by atoms with E-state index in [1.807, 2.05) is 0 Å². The summed E-state index contributed by atoms with van der Waals surface area (Å²) < 4.78 is 0. The van der Waals surface area contributed by atoms with Crippen LogP contribution in [0.4, 0.5) is 0 Å². The molecule has 3 rings (SSSR count). The standard InChI is InChI=1S/C19H34N4O2/c1-19(2,23-10-5-4-6-11-23)14-20-17(24)18(25)22-12-9-15-7-8-16(13-22)21(15)3/h15-16H,4-14H2,1-3H3,(H,20,24). The maximum absolute atomic E-state index is 12.6. The Morgan fingerprint density at radius 2 is 1.68 bits per heavy atom. The number of carbonyl (C=O) groups is 2. The maximum Gasteiger partial charge on any atom is 0.311 e. The van der Waals surface area contributed by atoms with E-state index in [0.29, 0.717) is 31.7 Å². The summed E-state index contributed by atoms with van der Waals surface area (Å²) in [4.78, 5) is 31.6. The van der Waals surface area contributed by atoms with Gasteiger partial charge in [-0.25, -0.2) is 0 Å². The lowest BCUT2D eigenvalue weighted by atomic mass is 9.98. The smallest absolute Gasteiger partial charge is 0.311 e. The van der Waals surface area contributed by atoms with Crippen LogP contribution in [0.3, 0.4) is 0 Å². The van der Waals surface area contributed by atoms with Gasteiger partial charge in [-0.05, 0) is 66.1 Å². The average molecular weight is 351 g/mol. The largest absolute Gasteiger partial charge is 0.346 e. The Hall–Kier alpha value is -1.14. The van der Waals surface area contributed by atoms with Crippen molar-refractivity contribution in [1.82, 2.24) is 20.0 Å². The summed E-state index contributed by atoms with van der Waals surface area (Å²) in [7, 11) is 2.15. The van der Waals surface area contributed by atoms with Gasteiger partial charge in [0.1, 0.15) is 0 Å². The molecule has 3 aliphatic rings. The van der Waals surface area contributed by atoms with Crippen LogP contribution in [0.5, 0.6) is 0 Å². The monoisotopic (exact) mass is 350 g/mol. The third kappa shape index (κ3) is 4.17. The lowest BCUT2D eigenvalue weighted by molar-refractivity contribution is -0.146. The van der Waals surface area contributed by atoms with Crippen molar-refractivity contribution in [3.8, 4) is 0 Å². The maximum atomic E-state index is 12.6. The number of piperidine rings is 1. The first-order chi connectivity index (χ1) is 11.9. The molecule has 0 aromatic rings. The van der Waals surface area contributed by atoms with E-state index < -0.39 is 5.91 Å². The van der Waals surface area contributed by atoms with Gasteiger partial charge in [0, 0.05) is 37.3 Å². The molecule has 142 valence electrons. The zero-order valence-electron chi connectivity index (χ0n) is 16.1. The normalized spacial score (nSPS) is 28.7. The van der Waals surface area contributed by atoms with Gasteiger partial charge in [-0.2, -0.15) is 0 Å². The van der Waals surface area contributed by atoms with E-state index in [0.717, 1.165) is 25.9 Å². The molecule has 0 spiro atoms. The van der Waals surface area contributed by atoms with Crippen molar-refractivity contribution in [3.63, 3.8) is 0 Å². The van der Waals surface area contributed by atoms with Gasteiger partial charge in [0.05, 0.1) is 0 Å². The van der Waals surface area contributed by atoms with Crippen LogP contribution in [0.2, 0.25) is 0 Å². The Kier molecular flexibility index (Phi) is 5.68. The van der Waals surface area contributed by atoms with Crippen LogP contribution in [0.15, 0.2) is 0 Å². The molecule has 3 saturated heterocycles. The minimum absolute atomic E-state index is 0.103. The summed E-state index contributed by atoms with van der Waals surface area (Å²) in [6.45, 7) is 8.39. The highest BCUT2D eigenvalue weighted by Gasteiger charge is 2.37. The van der Waals surface area contributed by atoms with Crippen LogP contribution in [0.1, 0.15) is 52.4 Å². The van der Waals surface area contributed by atoms with E-state index in [1.54, 1.807) is 4.90 Å². The van der Waals surface area contributed by atoms with E-state index >= 15 is 0 Å². The summed E-state index contributed by atoms with van der Waals surface area (Å²) in [5.41, 5.74) is -0.103. The highest BCUT2D eigenvalue weighted by Crippen LogP contribution is 2.28. The molecule has 6 heteroatoms. The first kappa shape index (κ1) is 18.6. The van der Waals surface area contributed by atoms with E-state index in [2.05, 4.69) is 36.0 Å². The first-order valence-electron chi connectivity index (χ1n) is 9.92. The van der Waals surface area contributed by atoms with Crippen molar-refractivity contribution < 1.29 is 9.59 Å². The lowest BCUT2D eigenvalue weighted by Gasteiger charge is -2.41. The quantitative estimate of drug-likeness (QED) is 0.774. The van der Waals surface area contributed by atoms with Crippen LogP contribution < -0.4 is 5.32 Å². The summed E-state index contributed by atoms with van der Waals surface area (Å²) in [6, 6.07) is 0.984. The zero-order chi connectivity index (χ0) is 18.0. The van der Waals surface area contributed by atoms with Crippen molar-refractivity contribution in [1.29, 1.82) is 0 Å². The third-order valence-corrected chi connectivity index (χ3v) is 6.52. The number of fused-ring (bicyclic) bond motifs is 2. The van der Waals surface area contributed by atoms with Crippen molar-refractivity contribution in [2.75, 3.05) is 39.8 Å². The van der Waals surface area contributed by atoms with E-state index in [1.165, 1.54) is 25.7 Å². The molecule has 0 radical (unpaired) electrons. The number of likely N-dealkylation sites (tertiary alicyclic amines) is 2. The number of hydrogen-bond acceptors (Lipinski definition) is 4. The Morgan fingerprint density at radius 1 is 1.00 bits per heavy atom. The van der Waals surface area contributed by atoms with Gasteiger partial charge in [0.2, 0.25) is 0 Å². The molecule has 1 N–H and O–H groups in total. The van der Waals surface area contributed by atoms with Crippen molar-refractivity contribution in [3.05, 3.63) is 0 Å². The van der Waals surface area contributed by atoms with Gasteiger partial charge in [-0.3, -0.25) is 19.4 Å². The number of amides is 2. The van der Waals surface area contributed by atoms with Crippen molar-refractivity contribution >= 4 is 11.8 Å². The Balaban J connectivity index is 1.51. The van der Waals surface area contributed by atoms with Crippen LogP contribution in [0, 0.1) is 0 Å². The predicted molar refractivity (Wildman–Crippen MR) is 98.3 cm³/mol. The lowest BCUT2D eigenvalue weighted by Crippen LogP contribution is -2.55. The second-order valence-electron chi connectivity index (χ2n) is 8.63. The van der Waals surface area contributed by atoms with Gasteiger partial charge in [-0.15, -0.1) is 0 Å². The number of nitrogens with zero attached hydrogens (tertiary/aromatic N) is 3. The number of rotatable bonds is 3. The molecule has 25 heavy (non-hydrogen) atoms. The molecule has 2 amide bonds. The van der Waals surface area contributed by atoms with Crippen LogP contribution in [-0.4, -0.2) is 83.9 Å². The molecule has 2 unspecified atom stereocenters. The molecule has 2 atom stereocenters. The molecule has 3 fully saturated rings. The fraction of sp³-hybridized carbons (Fsp3) is 0.895. The SMILES string of the molecule is CN1C2CCC1CN(C(=O)C(=O)NCC(C)(C)N1CCCCC1)CC2. The second-order valence-corrected chi connectivity index (χ2v) is 8.63. The molecule has 6 nitrogen and oxygen atoms in total. The van der Waals surface area contributed by atoms with Gasteiger partial charge < -0.3 is 10.2 Å². The molecule has 0 aliphatic carbocycles. The summed E-state index contributed by atoms with van der Waals surface area (Å²) in [5, 5.41) is 2.91. The first-order valence-corrected chi connectivity index (χ1v) is 9.92. The van der Waals surface area contributed by atoms with Crippen LogP contribution >= 0.6 is 0 Å². The summed E-state index contributed by atoms with van der Waals surface area (Å²) in [5.74, 6) is -0.791. The highest BCUT2D eigenvalue weighted by atomic mass is 16.2.